The zero-order valence-electron chi connectivity index (χ0n) is 21.3. The summed E-state index contributed by atoms with van der Waals surface area (Å²) in [6.45, 7) is 11.3. The molecule has 2 nitrogen and oxygen atoms in total. The third-order valence-electron chi connectivity index (χ3n) is 6.88. The van der Waals surface area contributed by atoms with E-state index in [1.165, 1.54) is 50.6 Å². The van der Waals surface area contributed by atoms with E-state index < -0.39 is 0 Å². The molecule has 0 unspecified atom stereocenters. The molecule has 0 amide bonds. The minimum absolute atomic E-state index is 0.0948. The van der Waals surface area contributed by atoms with Crippen LogP contribution in [0.4, 0.5) is 0 Å². The zero-order valence-corrected chi connectivity index (χ0v) is 21.3. The normalized spacial score (nSPS) is 11.6. The molecule has 5 rings (SSSR count). The summed E-state index contributed by atoms with van der Waals surface area (Å²) in [7, 11) is 0. The van der Waals surface area contributed by atoms with Crippen LogP contribution in [0.2, 0.25) is 0 Å². The molecule has 35 heavy (non-hydrogen) atoms. The quantitative estimate of drug-likeness (QED) is 0.242. The van der Waals surface area contributed by atoms with Crippen LogP contribution in [-0.2, 0) is 5.41 Å². The van der Waals surface area contributed by atoms with Gasteiger partial charge in [-0.2, -0.15) is 9.13 Å². The maximum Gasteiger partial charge on any atom is 0.263 e. The molecule has 0 aliphatic carbocycles. The van der Waals surface area contributed by atoms with Crippen LogP contribution in [0.5, 0.6) is 0 Å². The minimum atomic E-state index is 0.0948. The molecule has 0 aliphatic heterocycles. The van der Waals surface area contributed by atoms with Crippen LogP contribution in [-0.4, -0.2) is 4.57 Å². The Morgan fingerprint density at radius 3 is 1.71 bits per heavy atom. The van der Waals surface area contributed by atoms with E-state index in [-0.39, 0.29) is 5.41 Å². The smallest absolute Gasteiger partial charge is 0.199 e. The number of imidazole rings is 1. The molecule has 1 aromatic heterocycles. The molecule has 4 aromatic carbocycles. The fourth-order valence-electron chi connectivity index (χ4n) is 5.16. The second kappa shape index (κ2) is 9.03. The highest BCUT2D eigenvalue weighted by Gasteiger charge is 2.25. The van der Waals surface area contributed by atoms with Gasteiger partial charge in [0.05, 0.1) is 0 Å². The summed E-state index contributed by atoms with van der Waals surface area (Å²) in [5, 5.41) is 0. The van der Waals surface area contributed by atoms with Gasteiger partial charge < -0.3 is 0 Å². The Kier molecular flexibility index (Phi) is 5.90. The fourth-order valence-corrected chi connectivity index (χ4v) is 5.16. The van der Waals surface area contributed by atoms with E-state index in [0.717, 1.165) is 0 Å². The number of benzene rings is 4. The first-order chi connectivity index (χ1) is 16.9. The lowest BCUT2D eigenvalue weighted by molar-refractivity contribution is -0.600. The van der Waals surface area contributed by atoms with Gasteiger partial charge in [0, 0.05) is 18.1 Å². The molecule has 0 atom stereocenters. The molecule has 174 valence electrons. The first-order valence-corrected chi connectivity index (χ1v) is 12.3. The molecule has 0 fully saturated rings. The Labute approximate surface area is 209 Å². The number of para-hydroxylation sites is 1. The summed E-state index contributed by atoms with van der Waals surface area (Å²) in [6, 6.07) is 34.6. The maximum atomic E-state index is 2.34. The number of aromatic nitrogens is 2. The van der Waals surface area contributed by atoms with Crippen molar-refractivity contribution in [1.29, 1.82) is 0 Å². The molecule has 0 spiro atoms. The molecular formula is C33H33N2+. The van der Waals surface area contributed by atoms with E-state index in [4.69, 9.17) is 0 Å². The van der Waals surface area contributed by atoms with E-state index in [0.29, 0.717) is 0 Å². The lowest BCUT2D eigenvalue weighted by atomic mass is 9.83. The van der Waals surface area contributed by atoms with Crippen molar-refractivity contribution < 1.29 is 4.57 Å². The molecule has 0 radical (unpaired) electrons. The van der Waals surface area contributed by atoms with Crippen LogP contribution in [0.1, 0.15) is 37.7 Å². The monoisotopic (exact) mass is 457 g/mol. The van der Waals surface area contributed by atoms with Crippen molar-refractivity contribution in [3.63, 3.8) is 0 Å². The molecule has 0 bridgehead atoms. The summed E-state index contributed by atoms with van der Waals surface area (Å²) in [4.78, 5) is 0. The van der Waals surface area contributed by atoms with E-state index in [2.05, 4.69) is 153 Å². The van der Waals surface area contributed by atoms with Crippen molar-refractivity contribution in [2.45, 2.75) is 40.0 Å². The van der Waals surface area contributed by atoms with Gasteiger partial charge in [0.1, 0.15) is 23.8 Å². The number of rotatable bonds is 4. The Balaban J connectivity index is 1.76. The van der Waals surface area contributed by atoms with Gasteiger partial charge in [-0.15, -0.1) is 0 Å². The van der Waals surface area contributed by atoms with Gasteiger partial charge in [-0.1, -0.05) is 112 Å². The third kappa shape index (κ3) is 4.21. The first kappa shape index (κ1) is 22.9. The standard InChI is InChI=1S/C33H33N2/c1-24-30(33(3,4)5)20-13-21-31(24)34-22-23-35(25(34)2)32-28(26-14-8-6-9-15-26)18-12-19-29(32)27-16-10-7-11-17-27/h6-23H,1-5H3/q+1. The van der Waals surface area contributed by atoms with Crippen LogP contribution in [0.25, 0.3) is 33.6 Å². The molecular weight excluding hydrogens is 424 g/mol. The van der Waals surface area contributed by atoms with Crippen molar-refractivity contribution >= 4 is 0 Å². The average Bonchev–Trinajstić information content (AvgIpc) is 3.24. The second-order valence-corrected chi connectivity index (χ2v) is 10.2. The third-order valence-corrected chi connectivity index (χ3v) is 6.88. The topological polar surface area (TPSA) is 8.81 Å². The highest BCUT2D eigenvalue weighted by molar-refractivity contribution is 5.82. The van der Waals surface area contributed by atoms with Gasteiger partial charge in [0.2, 0.25) is 0 Å². The fraction of sp³-hybridized carbons (Fsp3) is 0.182. The van der Waals surface area contributed by atoms with Crippen molar-refractivity contribution in [3.8, 4) is 33.6 Å². The zero-order chi connectivity index (χ0) is 24.6. The maximum absolute atomic E-state index is 2.34. The number of hydrogen-bond donors (Lipinski definition) is 0. The van der Waals surface area contributed by atoms with Crippen LogP contribution in [0.3, 0.4) is 0 Å². The average molecular weight is 458 g/mol. The van der Waals surface area contributed by atoms with Gasteiger partial charge in [-0.05, 0) is 40.7 Å². The van der Waals surface area contributed by atoms with Crippen molar-refractivity contribution in [3.05, 3.63) is 126 Å². The lowest BCUT2D eigenvalue weighted by Gasteiger charge is -2.22. The Morgan fingerprint density at radius 2 is 1.17 bits per heavy atom. The molecule has 0 saturated heterocycles. The first-order valence-electron chi connectivity index (χ1n) is 12.3. The van der Waals surface area contributed by atoms with E-state index in [1.54, 1.807) is 0 Å². The van der Waals surface area contributed by atoms with Crippen LogP contribution < -0.4 is 4.57 Å². The summed E-state index contributed by atoms with van der Waals surface area (Å²) in [5.74, 6) is 1.17. The van der Waals surface area contributed by atoms with Crippen molar-refractivity contribution in [2.24, 2.45) is 0 Å². The van der Waals surface area contributed by atoms with Crippen LogP contribution >= 0.6 is 0 Å². The summed E-state index contributed by atoms with van der Waals surface area (Å²) < 4.78 is 4.66. The van der Waals surface area contributed by atoms with Crippen LogP contribution in [0, 0.1) is 13.8 Å². The second-order valence-electron chi connectivity index (χ2n) is 10.2. The molecule has 1 heterocycles. The molecule has 5 aromatic rings. The Hall–Kier alpha value is -3.91. The summed E-state index contributed by atoms with van der Waals surface area (Å²) >= 11 is 0. The van der Waals surface area contributed by atoms with Gasteiger partial charge >= 0.3 is 0 Å². The van der Waals surface area contributed by atoms with Crippen LogP contribution in [0.15, 0.2) is 109 Å². The predicted molar refractivity (Wildman–Crippen MR) is 146 cm³/mol. The van der Waals surface area contributed by atoms with E-state index in [9.17, 15) is 0 Å². The predicted octanol–water partition coefficient (Wildman–Crippen LogP) is 8.00. The van der Waals surface area contributed by atoms with Gasteiger partial charge in [-0.25, -0.2) is 0 Å². The highest BCUT2D eigenvalue weighted by Crippen LogP contribution is 2.34. The molecule has 0 N–H and O–H groups in total. The van der Waals surface area contributed by atoms with E-state index >= 15 is 0 Å². The molecule has 2 heteroatoms. The van der Waals surface area contributed by atoms with Gasteiger partial charge in [-0.3, -0.25) is 0 Å². The summed E-state index contributed by atoms with van der Waals surface area (Å²) in [6.07, 6.45) is 4.40. The lowest BCUT2D eigenvalue weighted by Crippen LogP contribution is -2.34. The van der Waals surface area contributed by atoms with Gasteiger partial charge in [0.25, 0.3) is 5.82 Å². The van der Waals surface area contributed by atoms with E-state index in [1.807, 2.05) is 0 Å². The molecule has 0 aliphatic rings. The largest absolute Gasteiger partial charge is 0.263 e. The Bertz CT molecular complexity index is 1410. The molecule has 0 saturated carbocycles. The SMILES string of the molecule is Cc1c(-n2cc[n+](-c3c(-c4ccccc4)cccc3-c3ccccc3)c2C)cccc1C(C)(C)C. The van der Waals surface area contributed by atoms with Crippen molar-refractivity contribution in [1.82, 2.24) is 4.57 Å². The Morgan fingerprint density at radius 1 is 0.629 bits per heavy atom. The summed E-state index contributed by atoms with van der Waals surface area (Å²) in [5.41, 5.74) is 10.1. The number of hydrogen-bond acceptors (Lipinski definition) is 0. The van der Waals surface area contributed by atoms with Crippen molar-refractivity contribution in [2.75, 3.05) is 0 Å². The number of nitrogens with zero attached hydrogens (tertiary/aromatic N) is 2. The minimum Gasteiger partial charge on any atom is -0.199 e. The van der Waals surface area contributed by atoms with Gasteiger partial charge in [0.15, 0.2) is 0 Å². The highest BCUT2D eigenvalue weighted by atomic mass is 15.2.